The first-order chi connectivity index (χ1) is 9.65. The lowest BCUT2D eigenvalue weighted by molar-refractivity contribution is 0.339. The van der Waals surface area contributed by atoms with Gasteiger partial charge >= 0.3 is 0 Å². The van der Waals surface area contributed by atoms with Crippen molar-refractivity contribution < 1.29 is 4.42 Å². The molecule has 108 valence electrons. The minimum Gasteiger partial charge on any atom is -0.444 e. The molecule has 3 rings (SSSR count). The van der Waals surface area contributed by atoms with Crippen LogP contribution in [0.25, 0.3) is 0 Å². The molecule has 0 aliphatic carbocycles. The lowest BCUT2D eigenvalue weighted by Gasteiger charge is -2.22. The average Bonchev–Trinajstić information content (AvgIpc) is 2.99. The molecule has 1 aliphatic heterocycles. The maximum Gasteiger partial charge on any atom is 0.208 e. The molecule has 0 unspecified atom stereocenters. The number of aryl methyl sites for hydroxylation is 4. The fourth-order valence-electron chi connectivity index (χ4n) is 2.52. The summed E-state index contributed by atoms with van der Waals surface area (Å²) in [5, 5.41) is 8.02. The van der Waals surface area contributed by atoms with Gasteiger partial charge in [0.1, 0.15) is 11.6 Å². The molecule has 3 heterocycles. The molecule has 0 bridgehead atoms. The van der Waals surface area contributed by atoms with Crippen molar-refractivity contribution in [2.45, 2.75) is 59.2 Å². The van der Waals surface area contributed by atoms with Crippen molar-refractivity contribution in [3.05, 3.63) is 29.0 Å². The van der Waals surface area contributed by atoms with Gasteiger partial charge in [0.25, 0.3) is 0 Å². The molecule has 6 nitrogen and oxygen atoms in total. The Kier molecular flexibility index (Phi) is 3.56. The molecule has 2 aromatic heterocycles. The Balaban J connectivity index is 1.60. The largest absolute Gasteiger partial charge is 0.444 e. The maximum atomic E-state index is 5.59. The van der Waals surface area contributed by atoms with Crippen LogP contribution in [0.2, 0.25) is 0 Å². The van der Waals surface area contributed by atoms with E-state index in [1.165, 1.54) is 0 Å². The van der Waals surface area contributed by atoms with Crippen molar-refractivity contribution in [2.75, 3.05) is 0 Å². The van der Waals surface area contributed by atoms with Crippen LogP contribution in [0.4, 0.5) is 0 Å². The predicted molar refractivity (Wildman–Crippen MR) is 74.3 cm³/mol. The molecule has 0 saturated carbocycles. The Morgan fingerprint density at radius 3 is 2.90 bits per heavy atom. The first-order valence-corrected chi connectivity index (χ1v) is 7.24. The number of oxazole rings is 1. The Morgan fingerprint density at radius 2 is 2.20 bits per heavy atom. The van der Waals surface area contributed by atoms with Crippen molar-refractivity contribution >= 4 is 0 Å². The summed E-state index contributed by atoms with van der Waals surface area (Å²) in [4.78, 5) is 8.92. The van der Waals surface area contributed by atoms with Crippen molar-refractivity contribution in [1.82, 2.24) is 25.1 Å². The van der Waals surface area contributed by atoms with E-state index in [9.17, 15) is 0 Å². The Morgan fingerprint density at radius 1 is 1.35 bits per heavy atom. The third kappa shape index (κ3) is 2.60. The molecule has 0 aromatic carbocycles. The Hall–Kier alpha value is -1.69. The number of nitrogens with zero attached hydrogens (tertiary/aromatic N) is 4. The van der Waals surface area contributed by atoms with E-state index in [-0.39, 0.29) is 0 Å². The summed E-state index contributed by atoms with van der Waals surface area (Å²) in [6, 6.07) is 0.404. The van der Waals surface area contributed by atoms with Gasteiger partial charge in [-0.1, -0.05) is 6.92 Å². The first kappa shape index (κ1) is 13.3. The first-order valence-electron chi connectivity index (χ1n) is 7.24. The second-order valence-corrected chi connectivity index (χ2v) is 5.35. The van der Waals surface area contributed by atoms with Gasteiger partial charge in [-0.2, -0.15) is 5.10 Å². The van der Waals surface area contributed by atoms with Gasteiger partial charge in [0, 0.05) is 18.9 Å². The van der Waals surface area contributed by atoms with Gasteiger partial charge in [0.15, 0.2) is 5.82 Å². The molecule has 1 aliphatic rings. The fourth-order valence-corrected chi connectivity index (χ4v) is 2.52. The highest BCUT2D eigenvalue weighted by Gasteiger charge is 2.21. The SMILES string of the molecule is CCc1nc2n(n1)C[C@@H](NCc1nc(C)c(C)o1)CC2. The normalized spacial score (nSPS) is 18.2. The van der Waals surface area contributed by atoms with Crippen molar-refractivity contribution in [3.8, 4) is 0 Å². The molecule has 6 heteroatoms. The highest BCUT2D eigenvalue weighted by atomic mass is 16.4. The summed E-state index contributed by atoms with van der Waals surface area (Å²) < 4.78 is 7.62. The Bertz CT molecular complexity index is 581. The zero-order chi connectivity index (χ0) is 14.1. The van der Waals surface area contributed by atoms with Gasteiger partial charge in [0.2, 0.25) is 5.89 Å². The van der Waals surface area contributed by atoms with Crippen molar-refractivity contribution in [2.24, 2.45) is 0 Å². The molecule has 0 radical (unpaired) electrons. The van der Waals surface area contributed by atoms with Crippen LogP contribution in [-0.4, -0.2) is 25.8 Å². The lowest BCUT2D eigenvalue weighted by atomic mass is 10.1. The number of fused-ring (bicyclic) bond motifs is 1. The topological polar surface area (TPSA) is 68.8 Å². The smallest absolute Gasteiger partial charge is 0.208 e. The number of hydrogen-bond donors (Lipinski definition) is 1. The minimum absolute atomic E-state index is 0.404. The van der Waals surface area contributed by atoms with Crippen LogP contribution in [0.15, 0.2) is 4.42 Å². The van der Waals surface area contributed by atoms with E-state index in [0.29, 0.717) is 12.6 Å². The zero-order valence-corrected chi connectivity index (χ0v) is 12.3. The van der Waals surface area contributed by atoms with Crippen molar-refractivity contribution in [3.63, 3.8) is 0 Å². The van der Waals surface area contributed by atoms with Crippen LogP contribution < -0.4 is 5.32 Å². The second kappa shape index (κ2) is 5.36. The quantitative estimate of drug-likeness (QED) is 0.917. The van der Waals surface area contributed by atoms with Crippen LogP contribution in [0.1, 0.15) is 42.3 Å². The molecule has 0 fully saturated rings. The second-order valence-electron chi connectivity index (χ2n) is 5.35. The van der Waals surface area contributed by atoms with E-state index in [4.69, 9.17) is 4.42 Å². The third-order valence-corrected chi connectivity index (χ3v) is 3.83. The number of aromatic nitrogens is 4. The number of hydrogen-bond acceptors (Lipinski definition) is 5. The van der Waals surface area contributed by atoms with Gasteiger partial charge in [-0.25, -0.2) is 14.6 Å². The summed E-state index contributed by atoms with van der Waals surface area (Å²) in [7, 11) is 0. The van der Waals surface area contributed by atoms with Crippen LogP contribution in [-0.2, 0) is 25.9 Å². The Labute approximate surface area is 118 Å². The monoisotopic (exact) mass is 275 g/mol. The minimum atomic E-state index is 0.404. The lowest BCUT2D eigenvalue weighted by Crippen LogP contribution is -2.37. The van der Waals surface area contributed by atoms with Crippen molar-refractivity contribution in [1.29, 1.82) is 0 Å². The summed E-state index contributed by atoms with van der Waals surface area (Å²) in [5.74, 6) is 3.72. The molecular weight excluding hydrogens is 254 g/mol. The van der Waals surface area contributed by atoms with Gasteiger partial charge in [-0.3, -0.25) is 0 Å². The summed E-state index contributed by atoms with van der Waals surface area (Å²) in [5.41, 5.74) is 0.969. The van der Waals surface area contributed by atoms with Crippen LogP contribution >= 0.6 is 0 Å². The number of rotatable bonds is 4. The number of nitrogens with one attached hydrogen (secondary N) is 1. The van der Waals surface area contributed by atoms with E-state index >= 15 is 0 Å². The molecular formula is C14H21N5O. The third-order valence-electron chi connectivity index (χ3n) is 3.83. The molecule has 0 spiro atoms. The highest BCUT2D eigenvalue weighted by molar-refractivity contribution is 5.05. The molecule has 20 heavy (non-hydrogen) atoms. The summed E-state index contributed by atoms with van der Waals surface area (Å²) in [6.07, 6.45) is 2.96. The molecule has 1 atom stereocenters. The van der Waals surface area contributed by atoms with E-state index in [1.54, 1.807) is 0 Å². The van der Waals surface area contributed by atoms with Gasteiger partial charge in [-0.05, 0) is 20.3 Å². The van der Waals surface area contributed by atoms with Gasteiger partial charge in [-0.15, -0.1) is 0 Å². The molecule has 0 saturated heterocycles. The van der Waals surface area contributed by atoms with Crippen LogP contribution in [0, 0.1) is 13.8 Å². The summed E-state index contributed by atoms with van der Waals surface area (Å²) >= 11 is 0. The van der Waals surface area contributed by atoms with E-state index < -0.39 is 0 Å². The van der Waals surface area contributed by atoms with Gasteiger partial charge in [0.05, 0.1) is 18.8 Å². The van der Waals surface area contributed by atoms with E-state index in [1.807, 2.05) is 18.5 Å². The molecule has 2 aromatic rings. The predicted octanol–water partition coefficient (Wildman–Crippen LogP) is 1.55. The highest BCUT2D eigenvalue weighted by Crippen LogP contribution is 2.14. The average molecular weight is 275 g/mol. The maximum absolute atomic E-state index is 5.59. The molecule has 1 N–H and O–H groups in total. The zero-order valence-electron chi connectivity index (χ0n) is 12.3. The van der Waals surface area contributed by atoms with Crippen LogP contribution in [0.3, 0.4) is 0 Å². The standard InChI is InChI=1S/C14H21N5O/c1-4-12-17-13-6-5-11(8-19(13)18-12)15-7-14-16-9(2)10(3)20-14/h11,15H,4-8H2,1-3H3/t11-/m0/s1. The van der Waals surface area contributed by atoms with E-state index in [2.05, 4.69) is 27.3 Å². The van der Waals surface area contributed by atoms with Gasteiger partial charge < -0.3 is 9.73 Å². The summed E-state index contributed by atoms with van der Waals surface area (Å²) in [6.45, 7) is 7.55. The van der Waals surface area contributed by atoms with Crippen LogP contribution in [0.5, 0.6) is 0 Å². The fraction of sp³-hybridized carbons (Fsp3) is 0.643. The van der Waals surface area contributed by atoms with E-state index in [0.717, 1.165) is 54.8 Å². The molecule has 0 amide bonds.